The Balaban J connectivity index is 1.14. The molecule has 3 aliphatic rings. The van der Waals surface area contributed by atoms with E-state index in [1.54, 1.807) is 12.5 Å². The SMILES string of the molecule is CCCN1CCN(C2CCC(NC(=O)c3cc(OC)c(Nc4ncc5c(n4)N(C(C)C)[C@H](CC)c4c(C#N)ncn4-5)cc3F)CC2)CC1. The summed E-state index contributed by atoms with van der Waals surface area (Å²) in [7, 11) is 1.48. The van der Waals surface area contributed by atoms with Gasteiger partial charge in [0.2, 0.25) is 5.95 Å². The number of imidazole rings is 1. The number of aromatic nitrogens is 4. The first kappa shape index (κ1) is 33.6. The zero-order valence-electron chi connectivity index (χ0n) is 28.7. The lowest BCUT2D eigenvalue weighted by Gasteiger charge is -2.42. The van der Waals surface area contributed by atoms with Gasteiger partial charge in [0.05, 0.1) is 36.3 Å². The number of rotatable bonds is 10. The fourth-order valence-electron chi connectivity index (χ4n) is 7.65. The molecule has 2 N–H and O–H groups in total. The maximum Gasteiger partial charge on any atom is 0.254 e. The molecule has 0 spiro atoms. The van der Waals surface area contributed by atoms with Crippen molar-refractivity contribution in [2.45, 2.75) is 90.4 Å². The van der Waals surface area contributed by atoms with Gasteiger partial charge in [0.25, 0.3) is 5.91 Å². The van der Waals surface area contributed by atoms with Crippen LogP contribution in [0.5, 0.6) is 5.75 Å². The highest BCUT2D eigenvalue weighted by atomic mass is 19.1. The topological polar surface area (TPSA) is 127 Å². The molecule has 6 rings (SSSR count). The van der Waals surface area contributed by atoms with E-state index < -0.39 is 11.7 Å². The zero-order chi connectivity index (χ0) is 33.9. The average Bonchev–Trinajstić information content (AvgIpc) is 3.53. The monoisotopic (exact) mass is 658 g/mol. The largest absolute Gasteiger partial charge is 0.495 e. The lowest BCUT2D eigenvalue weighted by Crippen LogP contribution is -2.52. The summed E-state index contributed by atoms with van der Waals surface area (Å²) >= 11 is 0. The number of nitrogens with one attached hydrogen (secondary N) is 2. The summed E-state index contributed by atoms with van der Waals surface area (Å²) in [5.41, 5.74) is 2.15. The van der Waals surface area contributed by atoms with Crippen LogP contribution in [0.1, 0.15) is 94.0 Å². The van der Waals surface area contributed by atoms with Crippen LogP contribution in [0.15, 0.2) is 24.7 Å². The van der Waals surface area contributed by atoms with Crippen LogP contribution in [0, 0.1) is 17.1 Å². The summed E-state index contributed by atoms with van der Waals surface area (Å²) in [5.74, 6) is 0.125. The van der Waals surface area contributed by atoms with E-state index in [-0.39, 0.29) is 29.6 Å². The number of carbonyl (C=O) groups is 1. The van der Waals surface area contributed by atoms with Crippen molar-refractivity contribution in [3.8, 4) is 17.5 Å². The van der Waals surface area contributed by atoms with Crippen LogP contribution in [0.3, 0.4) is 0 Å². The van der Waals surface area contributed by atoms with E-state index >= 15 is 4.39 Å². The van der Waals surface area contributed by atoms with Gasteiger partial charge in [-0.05, 0) is 65.0 Å². The average molecular weight is 659 g/mol. The van der Waals surface area contributed by atoms with Gasteiger partial charge in [-0.25, -0.2) is 14.4 Å². The molecule has 1 saturated heterocycles. The van der Waals surface area contributed by atoms with Crippen LogP contribution >= 0.6 is 0 Å². The quantitative estimate of drug-likeness (QED) is 0.301. The number of halogens is 1. The number of amides is 1. The van der Waals surface area contributed by atoms with Crippen molar-refractivity contribution in [3.05, 3.63) is 47.4 Å². The zero-order valence-corrected chi connectivity index (χ0v) is 28.7. The molecule has 1 atom stereocenters. The number of anilines is 3. The van der Waals surface area contributed by atoms with Crippen LogP contribution in [0.2, 0.25) is 0 Å². The molecule has 0 unspecified atom stereocenters. The molecule has 0 bridgehead atoms. The lowest BCUT2D eigenvalue weighted by molar-refractivity contribution is 0.0711. The van der Waals surface area contributed by atoms with E-state index in [1.165, 1.54) is 32.2 Å². The van der Waals surface area contributed by atoms with Crippen molar-refractivity contribution in [1.82, 2.24) is 34.6 Å². The third-order valence-electron chi connectivity index (χ3n) is 10.0. The highest BCUT2D eigenvalue weighted by Crippen LogP contribution is 2.42. The van der Waals surface area contributed by atoms with E-state index in [4.69, 9.17) is 9.72 Å². The molecule has 2 aromatic heterocycles. The molecule has 1 aliphatic carbocycles. The molecular formula is C35H47FN10O2. The minimum absolute atomic E-state index is 0.0123. The van der Waals surface area contributed by atoms with Gasteiger partial charge in [-0.15, -0.1) is 0 Å². The minimum Gasteiger partial charge on any atom is -0.495 e. The predicted octanol–water partition coefficient (Wildman–Crippen LogP) is 5.17. The molecule has 2 fully saturated rings. The molecule has 0 radical (unpaired) electrons. The van der Waals surface area contributed by atoms with Crippen LogP contribution in [0.25, 0.3) is 5.69 Å². The fraction of sp³-hybridized carbons (Fsp3) is 0.571. The van der Waals surface area contributed by atoms with Gasteiger partial charge in [-0.2, -0.15) is 10.2 Å². The van der Waals surface area contributed by atoms with Crippen LogP contribution in [-0.2, 0) is 0 Å². The summed E-state index contributed by atoms with van der Waals surface area (Å²) in [6.45, 7) is 14.1. The normalized spacial score (nSPS) is 21.4. The lowest BCUT2D eigenvalue weighted by atomic mass is 9.89. The van der Waals surface area contributed by atoms with Crippen LogP contribution in [-0.4, -0.2) is 93.2 Å². The van der Waals surface area contributed by atoms with E-state index in [0.717, 1.165) is 64.0 Å². The van der Waals surface area contributed by atoms with Gasteiger partial charge < -0.3 is 25.2 Å². The first-order valence-electron chi connectivity index (χ1n) is 17.3. The Labute approximate surface area is 282 Å². The van der Waals surface area contributed by atoms with Gasteiger partial charge in [-0.1, -0.05) is 13.8 Å². The second kappa shape index (κ2) is 14.5. The number of piperazine rings is 1. The molecule has 2 aliphatic heterocycles. The number of fused-ring (bicyclic) bond motifs is 3. The molecule has 256 valence electrons. The van der Waals surface area contributed by atoms with Gasteiger partial charge >= 0.3 is 0 Å². The smallest absolute Gasteiger partial charge is 0.254 e. The summed E-state index contributed by atoms with van der Waals surface area (Å²) in [6.07, 6.45) is 9.06. The third kappa shape index (κ3) is 6.56. The third-order valence-corrected chi connectivity index (χ3v) is 10.0. The molecule has 4 heterocycles. The molecule has 13 heteroatoms. The Hall–Kier alpha value is -4.28. The second-order valence-electron chi connectivity index (χ2n) is 13.3. The fourth-order valence-corrected chi connectivity index (χ4v) is 7.65. The molecular weight excluding hydrogens is 611 g/mol. The van der Waals surface area contributed by atoms with E-state index in [1.807, 2.05) is 4.57 Å². The van der Waals surface area contributed by atoms with Crippen molar-refractivity contribution in [2.75, 3.05) is 50.1 Å². The highest BCUT2D eigenvalue weighted by molar-refractivity contribution is 5.96. The van der Waals surface area contributed by atoms with Gasteiger partial charge in [-0.3, -0.25) is 14.3 Å². The van der Waals surface area contributed by atoms with Crippen LogP contribution in [0.4, 0.5) is 21.8 Å². The molecule has 3 aromatic rings. The summed E-state index contributed by atoms with van der Waals surface area (Å²) < 4.78 is 23.0. The van der Waals surface area contributed by atoms with Crippen molar-refractivity contribution < 1.29 is 13.9 Å². The predicted molar refractivity (Wildman–Crippen MR) is 183 cm³/mol. The number of carbonyl (C=O) groups excluding carboxylic acids is 1. The number of ether oxygens (including phenoxy) is 1. The number of benzene rings is 1. The van der Waals surface area contributed by atoms with Crippen LogP contribution < -0.4 is 20.3 Å². The summed E-state index contributed by atoms with van der Waals surface area (Å²) in [4.78, 5) is 34.3. The molecule has 48 heavy (non-hydrogen) atoms. The van der Waals surface area contributed by atoms with E-state index in [2.05, 4.69) is 69.1 Å². The Bertz CT molecular complexity index is 1650. The number of nitrogens with zero attached hydrogens (tertiary/aromatic N) is 8. The standard InChI is InChI=1S/C35H47FN10O2/c1-6-12-43-13-15-44(16-14-43)24-10-8-23(9-11-24)40-34(47)25-17-31(48-5)27(18-26(25)36)41-35-38-20-30-33(42-35)46(22(3)4)29(7-2)32-28(19-37)39-21-45(30)32/h17-18,20-24,29H,6-16H2,1-5H3,(H,40,47)(H,38,41,42)/t23?,24?,29-/m1/s1. The van der Waals surface area contributed by atoms with Gasteiger partial charge in [0.1, 0.15) is 29.7 Å². The number of hydrogen-bond donors (Lipinski definition) is 2. The molecule has 1 saturated carbocycles. The number of hydrogen-bond acceptors (Lipinski definition) is 10. The van der Waals surface area contributed by atoms with Crippen molar-refractivity contribution >= 4 is 23.4 Å². The van der Waals surface area contributed by atoms with Crippen molar-refractivity contribution in [2.24, 2.45) is 0 Å². The summed E-state index contributed by atoms with van der Waals surface area (Å²) in [6, 6.07) is 5.41. The van der Waals surface area contributed by atoms with E-state index in [9.17, 15) is 10.1 Å². The van der Waals surface area contributed by atoms with Gasteiger partial charge in [0.15, 0.2) is 11.5 Å². The minimum atomic E-state index is -0.658. The molecule has 12 nitrogen and oxygen atoms in total. The second-order valence-corrected chi connectivity index (χ2v) is 13.3. The Kier molecular flexibility index (Phi) is 10.1. The highest BCUT2D eigenvalue weighted by Gasteiger charge is 2.36. The first-order valence-corrected chi connectivity index (χ1v) is 17.3. The number of methoxy groups -OCH3 is 1. The molecule has 1 aromatic carbocycles. The Morgan fingerprint density at radius 2 is 1.88 bits per heavy atom. The van der Waals surface area contributed by atoms with Crippen molar-refractivity contribution in [3.63, 3.8) is 0 Å². The van der Waals surface area contributed by atoms with Gasteiger partial charge in [0, 0.05) is 50.4 Å². The Morgan fingerprint density at radius 3 is 2.52 bits per heavy atom. The Morgan fingerprint density at radius 1 is 1.12 bits per heavy atom. The maximum absolute atomic E-state index is 15.6. The van der Waals surface area contributed by atoms with Crippen molar-refractivity contribution in [1.29, 1.82) is 5.26 Å². The van der Waals surface area contributed by atoms with E-state index in [0.29, 0.717) is 34.7 Å². The first-order chi connectivity index (χ1) is 23.3. The molecule has 1 amide bonds. The maximum atomic E-state index is 15.6. The number of nitriles is 1. The summed E-state index contributed by atoms with van der Waals surface area (Å²) in [5, 5.41) is 15.9.